The van der Waals surface area contributed by atoms with Gasteiger partial charge in [-0.3, -0.25) is 4.79 Å². The molecular formula is C6H9N3O3. The summed E-state index contributed by atoms with van der Waals surface area (Å²) >= 11 is 0. The van der Waals surface area contributed by atoms with Crippen molar-refractivity contribution in [2.75, 3.05) is 13.2 Å². The maximum Gasteiger partial charge on any atom is 0.270 e. The van der Waals surface area contributed by atoms with Gasteiger partial charge in [0.2, 0.25) is 0 Å². The summed E-state index contributed by atoms with van der Waals surface area (Å²) in [5.74, 6) is 0. The first-order valence-corrected chi connectivity index (χ1v) is 3.42. The van der Waals surface area contributed by atoms with E-state index in [0.717, 1.165) is 4.68 Å². The smallest absolute Gasteiger partial charge is 0.270 e. The summed E-state index contributed by atoms with van der Waals surface area (Å²) in [5, 5.41) is 24.3. The predicted octanol–water partition coefficient (Wildman–Crippen LogP) is -1.84. The number of nitrogens with zero attached hydrogens (tertiary/aromatic N) is 3. The van der Waals surface area contributed by atoms with Gasteiger partial charge in [0, 0.05) is 6.07 Å². The average molecular weight is 171 g/mol. The van der Waals surface area contributed by atoms with E-state index in [1.807, 2.05) is 0 Å². The van der Waals surface area contributed by atoms with Crippen molar-refractivity contribution in [3.63, 3.8) is 0 Å². The molecule has 6 heteroatoms. The Kier molecular flexibility index (Phi) is 2.89. The molecule has 1 heterocycles. The van der Waals surface area contributed by atoms with Gasteiger partial charge in [-0.15, -0.1) is 5.10 Å². The van der Waals surface area contributed by atoms with Crippen LogP contribution in [0.5, 0.6) is 0 Å². The topological polar surface area (TPSA) is 88.2 Å². The van der Waals surface area contributed by atoms with Crippen LogP contribution in [0, 0.1) is 0 Å². The predicted molar refractivity (Wildman–Crippen MR) is 39.5 cm³/mol. The molecule has 1 rings (SSSR count). The number of hydrogen-bond acceptors (Lipinski definition) is 5. The van der Waals surface area contributed by atoms with E-state index in [1.54, 1.807) is 0 Å². The zero-order valence-corrected chi connectivity index (χ0v) is 6.29. The van der Waals surface area contributed by atoms with E-state index in [9.17, 15) is 4.79 Å². The van der Waals surface area contributed by atoms with Crippen LogP contribution in [0.15, 0.2) is 17.1 Å². The van der Waals surface area contributed by atoms with Crippen molar-refractivity contribution >= 4 is 0 Å². The molecule has 0 unspecified atom stereocenters. The average Bonchev–Trinajstić information content (AvgIpc) is 2.10. The Bertz CT molecular complexity index is 294. The minimum atomic E-state index is -0.703. The van der Waals surface area contributed by atoms with Gasteiger partial charge in [-0.2, -0.15) is 0 Å². The van der Waals surface area contributed by atoms with Gasteiger partial charge in [-0.1, -0.05) is 5.21 Å². The molecule has 0 fully saturated rings. The summed E-state index contributed by atoms with van der Waals surface area (Å²) < 4.78 is 0.944. The maximum atomic E-state index is 11.0. The highest BCUT2D eigenvalue weighted by molar-refractivity contribution is 4.79. The highest BCUT2D eigenvalue weighted by Gasteiger charge is 2.10. The molecule has 0 saturated heterocycles. The third-order valence-corrected chi connectivity index (χ3v) is 1.42. The Balaban J connectivity index is 3.00. The Hall–Kier alpha value is -1.27. The van der Waals surface area contributed by atoms with Gasteiger partial charge < -0.3 is 10.2 Å². The van der Waals surface area contributed by atoms with Crippen LogP contribution in [0.2, 0.25) is 0 Å². The summed E-state index contributed by atoms with van der Waals surface area (Å²) in [6.45, 7) is -0.676. The van der Waals surface area contributed by atoms with E-state index in [1.165, 1.54) is 12.3 Å². The molecular weight excluding hydrogens is 162 g/mol. The van der Waals surface area contributed by atoms with Gasteiger partial charge in [0.05, 0.1) is 19.4 Å². The Labute approximate surface area is 68.1 Å². The van der Waals surface area contributed by atoms with Crippen molar-refractivity contribution in [3.05, 3.63) is 22.6 Å². The standard InChI is InChI=1S/C6H9N3O3/c10-3-5(4-11)9-6(12)1-2-7-8-9/h1-2,5,10-11H,3-4H2. The zero-order chi connectivity index (χ0) is 8.97. The van der Waals surface area contributed by atoms with E-state index >= 15 is 0 Å². The van der Waals surface area contributed by atoms with Crippen molar-refractivity contribution in [1.29, 1.82) is 0 Å². The molecule has 1 aromatic rings. The lowest BCUT2D eigenvalue weighted by Crippen LogP contribution is -2.31. The Morgan fingerprint density at radius 3 is 2.67 bits per heavy atom. The van der Waals surface area contributed by atoms with Crippen LogP contribution in [0.25, 0.3) is 0 Å². The van der Waals surface area contributed by atoms with Crippen LogP contribution in [0.3, 0.4) is 0 Å². The third kappa shape index (κ3) is 1.66. The Morgan fingerprint density at radius 2 is 2.17 bits per heavy atom. The van der Waals surface area contributed by atoms with E-state index in [0.29, 0.717) is 0 Å². The van der Waals surface area contributed by atoms with E-state index < -0.39 is 11.6 Å². The van der Waals surface area contributed by atoms with Crippen LogP contribution in [-0.4, -0.2) is 38.4 Å². The maximum absolute atomic E-state index is 11.0. The number of aliphatic hydroxyl groups excluding tert-OH is 2. The van der Waals surface area contributed by atoms with Crippen molar-refractivity contribution in [3.8, 4) is 0 Å². The van der Waals surface area contributed by atoms with Crippen molar-refractivity contribution in [1.82, 2.24) is 15.0 Å². The molecule has 0 bridgehead atoms. The molecule has 0 atom stereocenters. The van der Waals surface area contributed by atoms with Crippen molar-refractivity contribution in [2.45, 2.75) is 6.04 Å². The normalized spacial score (nSPS) is 10.6. The largest absolute Gasteiger partial charge is 0.394 e. The van der Waals surface area contributed by atoms with Gasteiger partial charge in [0.1, 0.15) is 6.04 Å². The molecule has 0 spiro atoms. The lowest BCUT2D eigenvalue weighted by atomic mass is 10.3. The summed E-state index contributed by atoms with van der Waals surface area (Å²) in [7, 11) is 0. The van der Waals surface area contributed by atoms with Crippen LogP contribution in [-0.2, 0) is 0 Å². The molecule has 0 radical (unpaired) electrons. The van der Waals surface area contributed by atoms with Gasteiger partial charge in [0.15, 0.2) is 0 Å². The van der Waals surface area contributed by atoms with E-state index in [-0.39, 0.29) is 13.2 Å². The van der Waals surface area contributed by atoms with E-state index in [2.05, 4.69) is 10.3 Å². The lowest BCUT2D eigenvalue weighted by Gasteiger charge is -2.10. The first-order valence-electron chi connectivity index (χ1n) is 3.42. The molecule has 1 aromatic heterocycles. The minimum absolute atomic E-state index is 0.338. The van der Waals surface area contributed by atoms with Crippen LogP contribution in [0.1, 0.15) is 6.04 Å². The summed E-state index contributed by atoms with van der Waals surface area (Å²) in [6, 6.07) is 0.511. The molecule has 0 amide bonds. The second-order valence-electron chi connectivity index (χ2n) is 2.22. The molecule has 66 valence electrons. The number of aliphatic hydroxyl groups is 2. The van der Waals surface area contributed by atoms with Crippen LogP contribution >= 0.6 is 0 Å². The first-order chi connectivity index (χ1) is 5.79. The molecule has 0 aliphatic carbocycles. The molecule has 0 aliphatic heterocycles. The third-order valence-electron chi connectivity index (χ3n) is 1.42. The van der Waals surface area contributed by atoms with Gasteiger partial charge in [-0.05, 0) is 0 Å². The fourth-order valence-electron chi connectivity index (χ4n) is 0.768. The fraction of sp³-hybridized carbons (Fsp3) is 0.500. The number of hydrogen-bond donors (Lipinski definition) is 2. The minimum Gasteiger partial charge on any atom is -0.394 e. The zero-order valence-electron chi connectivity index (χ0n) is 6.29. The van der Waals surface area contributed by atoms with Crippen LogP contribution < -0.4 is 5.56 Å². The first kappa shape index (κ1) is 8.82. The van der Waals surface area contributed by atoms with Crippen molar-refractivity contribution < 1.29 is 10.2 Å². The van der Waals surface area contributed by atoms with Gasteiger partial charge >= 0.3 is 0 Å². The highest BCUT2D eigenvalue weighted by atomic mass is 16.3. The molecule has 2 N–H and O–H groups in total. The quantitative estimate of drug-likeness (QED) is 0.558. The monoisotopic (exact) mass is 171 g/mol. The SMILES string of the molecule is O=c1ccnnn1C(CO)CO. The molecule has 12 heavy (non-hydrogen) atoms. The van der Waals surface area contributed by atoms with E-state index in [4.69, 9.17) is 10.2 Å². The van der Waals surface area contributed by atoms with Gasteiger partial charge in [-0.25, -0.2) is 4.68 Å². The molecule has 6 nitrogen and oxygen atoms in total. The summed E-state index contributed by atoms with van der Waals surface area (Å²) in [6.07, 6.45) is 1.25. The lowest BCUT2D eigenvalue weighted by molar-refractivity contribution is 0.140. The number of rotatable bonds is 3. The Morgan fingerprint density at radius 1 is 1.50 bits per heavy atom. The van der Waals surface area contributed by atoms with Gasteiger partial charge in [0.25, 0.3) is 5.56 Å². The molecule has 0 saturated carbocycles. The molecule has 0 aromatic carbocycles. The number of aromatic nitrogens is 3. The molecule has 0 aliphatic rings. The van der Waals surface area contributed by atoms with Crippen molar-refractivity contribution in [2.24, 2.45) is 0 Å². The van der Waals surface area contributed by atoms with Crippen LogP contribution in [0.4, 0.5) is 0 Å². The summed E-state index contributed by atoms with van der Waals surface area (Å²) in [4.78, 5) is 11.0. The summed E-state index contributed by atoms with van der Waals surface area (Å²) in [5.41, 5.74) is -0.391. The fourth-order valence-corrected chi connectivity index (χ4v) is 0.768. The second-order valence-corrected chi connectivity index (χ2v) is 2.22. The highest BCUT2D eigenvalue weighted by Crippen LogP contribution is 1.95. The second kappa shape index (κ2) is 3.93.